The largest absolute Gasteiger partial charge is 0.495 e. The van der Waals surface area contributed by atoms with Crippen molar-refractivity contribution in [3.63, 3.8) is 0 Å². The predicted octanol–water partition coefficient (Wildman–Crippen LogP) is 5.69. The number of carbonyl (C=O) groups is 2. The molecule has 0 saturated carbocycles. The van der Waals surface area contributed by atoms with Crippen LogP contribution in [0.4, 0.5) is 4.79 Å². The Bertz CT molecular complexity index is 1490. The number of alkyl carbamates (subject to hydrolysis) is 1. The van der Waals surface area contributed by atoms with Crippen molar-refractivity contribution in [1.29, 1.82) is 0 Å². The van der Waals surface area contributed by atoms with E-state index in [1.807, 2.05) is 6.92 Å². The van der Waals surface area contributed by atoms with Gasteiger partial charge in [-0.05, 0) is 64.4 Å². The summed E-state index contributed by atoms with van der Waals surface area (Å²) < 4.78 is 45.4. The molecule has 1 unspecified atom stereocenters. The molecule has 11 heteroatoms. The van der Waals surface area contributed by atoms with E-state index >= 15 is 0 Å². The van der Waals surface area contributed by atoms with Gasteiger partial charge in [0.1, 0.15) is 16.9 Å². The highest BCUT2D eigenvalue weighted by Gasteiger charge is 2.34. The molecule has 1 atom stereocenters. The van der Waals surface area contributed by atoms with Crippen LogP contribution < -0.4 is 10.1 Å². The third kappa shape index (κ3) is 6.05. The zero-order valence-electron chi connectivity index (χ0n) is 22.1. The molecule has 0 saturated heterocycles. The Morgan fingerprint density at radius 3 is 2.29 bits per heavy atom. The number of aryl methyl sites for hydroxylation is 1. The van der Waals surface area contributed by atoms with Gasteiger partial charge in [0.2, 0.25) is 0 Å². The number of nitrogens with zero attached hydrogens (tertiary/aromatic N) is 1. The molecule has 3 rings (SSSR count). The maximum absolute atomic E-state index is 13.9. The Hall–Kier alpha value is -3.31. The minimum atomic E-state index is -4.17. The lowest BCUT2D eigenvalue weighted by Gasteiger charge is -2.23. The van der Waals surface area contributed by atoms with E-state index in [-0.39, 0.29) is 28.3 Å². The standard InChI is InChI=1S/C27H31BrN2O7S/c1-8-36-25(31)23(29-26(32)37-27(4,5)6)20-15-30(38(33,34)18-11-9-16(2)10-12-18)24-21(35-7)14-13-19(17(3)28)22(20)24/h9-15,23H,3,8H2,1-2,4-7H3,(H,29,32). The molecule has 1 N–H and O–H groups in total. The van der Waals surface area contributed by atoms with Gasteiger partial charge < -0.3 is 19.5 Å². The first-order valence-corrected chi connectivity index (χ1v) is 14.0. The van der Waals surface area contributed by atoms with Crippen molar-refractivity contribution >= 4 is 53.4 Å². The summed E-state index contributed by atoms with van der Waals surface area (Å²) in [6.45, 7) is 12.5. The molecule has 2 aromatic carbocycles. The lowest BCUT2D eigenvalue weighted by atomic mass is 10.0. The van der Waals surface area contributed by atoms with E-state index < -0.39 is 33.7 Å². The molecule has 0 aliphatic heterocycles. The number of halogens is 1. The molecule has 204 valence electrons. The number of esters is 1. The van der Waals surface area contributed by atoms with Crippen LogP contribution in [0.15, 0.2) is 54.1 Å². The third-order valence-electron chi connectivity index (χ3n) is 5.49. The Morgan fingerprint density at radius 1 is 1.13 bits per heavy atom. The second kappa shape index (κ2) is 11.2. The summed E-state index contributed by atoms with van der Waals surface area (Å²) in [5.41, 5.74) is 0.872. The van der Waals surface area contributed by atoms with Crippen LogP contribution in [0.1, 0.15) is 50.4 Å². The number of aromatic nitrogens is 1. The number of rotatable bonds is 8. The summed E-state index contributed by atoms with van der Waals surface area (Å²) in [6.07, 6.45) is 0.417. The van der Waals surface area contributed by atoms with E-state index in [9.17, 15) is 18.0 Å². The van der Waals surface area contributed by atoms with Crippen molar-refractivity contribution < 1.29 is 32.2 Å². The maximum atomic E-state index is 13.9. The SMILES string of the molecule is C=C(Br)c1ccc(OC)c2c1c(C(NC(=O)OC(C)(C)C)C(=O)OCC)cn2S(=O)(=O)c1ccc(C)cc1. The van der Waals surface area contributed by atoms with Gasteiger partial charge >= 0.3 is 12.1 Å². The van der Waals surface area contributed by atoms with Crippen molar-refractivity contribution in [2.75, 3.05) is 13.7 Å². The number of methoxy groups -OCH3 is 1. The minimum absolute atomic E-state index is 0.0319. The topological polar surface area (TPSA) is 113 Å². The number of hydrogen-bond acceptors (Lipinski definition) is 7. The highest BCUT2D eigenvalue weighted by molar-refractivity contribution is 9.15. The van der Waals surface area contributed by atoms with Crippen LogP contribution in [0, 0.1) is 6.92 Å². The first kappa shape index (κ1) is 29.2. The van der Waals surface area contributed by atoms with E-state index in [0.717, 1.165) is 9.54 Å². The van der Waals surface area contributed by atoms with E-state index in [1.165, 1.54) is 25.4 Å². The number of benzene rings is 2. The van der Waals surface area contributed by atoms with E-state index in [0.29, 0.717) is 15.4 Å². The van der Waals surface area contributed by atoms with Crippen LogP contribution in [-0.2, 0) is 24.3 Å². The van der Waals surface area contributed by atoms with Crippen LogP contribution in [0.5, 0.6) is 5.75 Å². The number of fused-ring (bicyclic) bond motifs is 1. The zero-order chi connectivity index (χ0) is 28.4. The molecular formula is C27H31BrN2O7S. The second-order valence-electron chi connectivity index (χ2n) is 9.47. The van der Waals surface area contributed by atoms with Crippen molar-refractivity contribution in [2.45, 2.75) is 51.2 Å². The van der Waals surface area contributed by atoms with E-state index in [1.54, 1.807) is 52.0 Å². The van der Waals surface area contributed by atoms with Crippen molar-refractivity contribution in [3.05, 3.63) is 65.9 Å². The van der Waals surface area contributed by atoms with Crippen LogP contribution in [0.2, 0.25) is 0 Å². The zero-order valence-corrected chi connectivity index (χ0v) is 24.5. The summed E-state index contributed by atoms with van der Waals surface area (Å²) >= 11 is 3.38. The predicted molar refractivity (Wildman–Crippen MR) is 149 cm³/mol. The molecular weight excluding hydrogens is 576 g/mol. The normalized spacial score (nSPS) is 12.6. The average Bonchev–Trinajstić information content (AvgIpc) is 3.22. The Kier molecular flexibility index (Phi) is 8.62. The number of carbonyl (C=O) groups excluding carboxylic acids is 2. The van der Waals surface area contributed by atoms with Gasteiger partial charge in [-0.15, -0.1) is 0 Å². The number of hydrogen-bond donors (Lipinski definition) is 1. The van der Waals surface area contributed by atoms with Crippen LogP contribution in [0.3, 0.4) is 0 Å². The first-order valence-electron chi connectivity index (χ1n) is 11.8. The van der Waals surface area contributed by atoms with Crippen LogP contribution in [0.25, 0.3) is 15.4 Å². The van der Waals surface area contributed by atoms with Gasteiger partial charge in [0.25, 0.3) is 10.0 Å². The van der Waals surface area contributed by atoms with Gasteiger partial charge in [-0.3, -0.25) is 0 Å². The highest BCUT2D eigenvalue weighted by atomic mass is 79.9. The Morgan fingerprint density at radius 2 is 1.76 bits per heavy atom. The van der Waals surface area contributed by atoms with Crippen molar-refractivity contribution in [2.24, 2.45) is 0 Å². The van der Waals surface area contributed by atoms with Crippen LogP contribution >= 0.6 is 15.9 Å². The lowest BCUT2D eigenvalue weighted by molar-refractivity contribution is -0.145. The van der Waals surface area contributed by atoms with Gasteiger partial charge in [-0.1, -0.05) is 40.2 Å². The fourth-order valence-electron chi connectivity index (χ4n) is 3.88. The lowest BCUT2D eigenvalue weighted by Crippen LogP contribution is -2.38. The van der Waals surface area contributed by atoms with E-state index in [4.69, 9.17) is 14.2 Å². The second-order valence-corrected chi connectivity index (χ2v) is 12.2. The summed E-state index contributed by atoms with van der Waals surface area (Å²) in [4.78, 5) is 26.0. The number of ether oxygens (including phenoxy) is 3. The van der Waals surface area contributed by atoms with Gasteiger partial charge in [0, 0.05) is 21.6 Å². The van der Waals surface area contributed by atoms with Crippen LogP contribution in [-0.4, -0.2) is 43.8 Å². The van der Waals surface area contributed by atoms with Gasteiger partial charge in [0.15, 0.2) is 6.04 Å². The molecule has 1 aromatic heterocycles. The molecule has 0 spiro atoms. The molecule has 1 heterocycles. The average molecular weight is 608 g/mol. The summed E-state index contributed by atoms with van der Waals surface area (Å²) in [5, 5.41) is 2.88. The smallest absolute Gasteiger partial charge is 0.408 e. The van der Waals surface area contributed by atoms with Gasteiger partial charge in [-0.2, -0.15) is 0 Å². The fourth-order valence-corrected chi connectivity index (χ4v) is 5.59. The molecule has 38 heavy (non-hydrogen) atoms. The summed E-state index contributed by atoms with van der Waals surface area (Å²) in [5.74, 6) is -0.557. The maximum Gasteiger partial charge on any atom is 0.408 e. The third-order valence-corrected chi connectivity index (χ3v) is 7.59. The summed E-state index contributed by atoms with van der Waals surface area (Å²) in [7, 11) is -2.76. The van der Waals surface area contributed by atoms with Gasteiger partial charge in [-0.25, -0.2) is 22.0 Å². The fraction of sp³-hybridized carbons (Fsp3) is 0.333. The molecule has 9 nitrogen and oxygen atoms in total. The molecule has 0 fully saturated rings. The number of nitrogens with one attached hydrogen (secondary N) is 1. The molecule has 0 aliphatic rings. The highest BCUT2D eigenvalue weighted by Crippen LogP contribution is 2.41. The molecule has 1 amide bonds. The number of amides is 1. The molecule has 0 bridgehead atoms. The Balaban J connectivity index is 2.40. The monoisotopic (exact) mass is 606 g/mol. The molecule has 0 radical (unpaired) electrons. The van der Waals surface area contributed by atoms with Crippen molar-refractivity contribution in [1.82, 2.24) is 9.29 Å². The first-order chi connectivity index (χ1) is 17.7. The Labute approximate surface area is 230 Å². The van der Waals surface area contributed by atoms with Crippen molar-refractivity contribution in [3.8, 4) is 5.75 Å². The molecule has 0 aliphatic carbocycles. The minimum Gasteiger partial charge on any atom is -0.495 e. The summed E-state index contributed by atoms with van der Waals surface area (Å²) in [6, 6.07) is 8.26. The van der Waals surface area contributed by atoms with E-state index in [2.05, 4.69) is 27.8 Å². The quantitative estimate of drug-likeness (QED) is 0.328. The van der Waals surface area contributed by atoms with Gasteiger partial charge in [0.05, 0.1) is 18.6 Å². The molecule has 3 aromatic rings.